The Bertz CT molecular complexity index is 996. The number of nitrogens with one attached hydrogen (secondary N) is 1. The first-order valence-corrected chi connectivity index (χ1v) is 10.3. The smallest absolute Gasteiger partial charge is 0.271 e. The van der Waals surface area contributed by atoms with Crippen LogP contribution in [0.15, 0.2) is 54.7 Å². The van der Waals surface area contributed by atoms with Crippen molar-refractivity contribution in [3.8, 4) is 22.5 Å². The minimum Gasteiger partial charge on any atom is -0.394 e. The van der Waals surface area contributed by atoms with E-state index in [9.17, 15) is 9.90 Å². The summed E-state index contributed by atoms with van der Waals surface area (Å²) < 4.78 is 0. The number of aromatic nitrogens is 2. The third-order valence-corrected chi connectivity index (χ3v) is 4.97. The number of carbonyl (C=O) groups excluding carboxylic acids is 1. The summed E-state index contributed by atoms with van der Waals surface area (Å²) >= 11 is 0. The van der Waals surface area contributed by atoms with Crippen LogP contribution in [0.5, 0.6) is 0 Å². The van der Waals surface area contributed by atoms with Gasteiger partial charge in [0.2, 0.25) is 0 Å². The van der Waals surface area contributed by atoms with Gasteiger partial charge in [0.15, 0.2) is 0 Å². The Morgan fingerprint density at radius 1 is 0.933 bits per heavy atom. The highest BCUT2D eigenvalue weighted by atomic mass is 16.3. The van der Waals surface area contributed by atoms with Gasteiger partial charge in [0.1, 0.15) is 5.69 Å². The Morgan fingerprint density at radius 3 is 1.97 bits per heavy atom. The molecule has 1 heterocycles. The van der Waals surface area contributed by atoms with Crippen molar-refractivity contribution in [3.05, 3.63) is 71.5 Å². The molecule has 0 saturated heterocycles. The van der Waals surface area contributed by atoms with E-state index in [-0.39, 0.29) is 24.2 Å². The predicted molar refractivity (Wildman–Crippen MR) is 120 cm³/mol. The van der Waals surface area contributed by atoms with Crippen molar-refractivity contribution in [2.75, 3.05) is 6.61 Å². The van der Waals surface area contributed by atoms with Crippen LogP contribution in [-0.2, 0) is 0 Å². The predicted octanol–water partition coefficient (Wildman–Crippen LogP) is 4.56. The second kappa shape index (κ2) is 9.63. The molecule has 2 aromatic carbocycles. The summed E-state index contributed by atoms with van der Waals surface area (Å²) in [5.74, 6) is 0.0339. The van der Waals surface area contributed by atoms with Crippen molar-refractivity contribution < 1.29 is 9.90 Å². The summed E-state index contributed by atoms with van der Waals surface area (Å²) in [6, 6.07) is 15.8. The van der Waals surface area contributed by atoms with Gasteiger partial charge in [-0.1, -0.05) is 73.5 Å². The lowest BCUT2D eigenvalue weighted by atomic mass is 10.0. The highest BCUT2D eigenvalue weighted by Crippen LogP contribution is 2.29. The summed E-state index contributed by atoms with van der Waals surface area (Å²) in [6.45, 7) is 8.08. The fraction of sp³-hybridized carbons (Fsp3) is 0.320. The van der Waals surface area contributed by atoms with Gasteiger partial charge >= 0.3 is 0 Å². The third kappa shape index (κ3) is 5.30. The standard InChI is InChI=1S/C25H29N3O2/c1-16(2)13-21(15-29)27-25(30)22-14-26-23(19-9-5-17(3)6-10-19)24(28-22)20-11-7-18(4)8-12-20/h5-12,14,16,21,29H,13,15H2,1-4H3,(H,27,30)/t21-/m1/s1. The number of carbonyl (C=O) groups is 1. The maximum atomic E-state index is 12.8. The lowest BCUT2D eigenvalue weighted by Crippen LogP contribution is -2.38. The zero-order valence-electron chi connectivity index (χ0n) is 18.0. The minimum absolute atomic E-state index is 0.108. The van der Waals surface area contributed by atoms with Crippen LogP contribution < -0.4 is 5.32 Å². The molecule has 0 aliphatic rings. The lowest BCUT2D eigenvalue weighted by Gasteiger charge is -2.18. The largest absolute Gasteiger partial charge is 0.394 e. The molecule has 3 aromatic rings. The van der Waals surface area contributed by atoms with Crippen LogP contribution in [0, 0.1) is 19.8 Å². The maximum absolute atomic E-state index is 12.8. The molecule has 3 rings (SSSR count). The van der Waals surface area contributed by atoms with Crippen LogP contribution in [0.3, 0.4) is 0 Å². The molecule has 5 heteroatoms. The number of benzene rings is 2. The Morgan fingerprint density at radius 2 is 1.47 bits per heavy atom. The molecule has 1 atom stereocenters. The molecule has 30 heavy (non-hydrogen) atoms. The average molecular weight is 404 g/mol. The number of aryl methyl sites for hydroxylation is 2. The van der Waals surface area contributed by atoms with Crippen molar-refractivity contribution >= 4 is 5.91 Å². The molecule has 0 bridgehead atoms. The van der Waals surface area contributed by atoms with Gasteiger partial charge in [-0.25, -0.2) is 4.98 Å². The molecular formula is C25H29N3O2. The zero-order chi connectivity index (χ0) is 21.7. The number of aliphatic hydroxyl groups is 1. The van der Waals surface area contributed by atoms with Gasteiger partial charge in [0.05, 0.1) is 30.2 Å². The van der Waals surface area contributed by atoms with Gasteiger partial charge < -0.3 is 10.4 Å². The molecule has 0 aliphatic carbocycles. The summed E-state index contributed by atoms with van der Waals surface area (Å²) in [5.41, 5.74) is 5.80. The Balaban J connectivity index is 2.00. The van der Waals surface area contributed by atoms with E-state index in [0.717, 1.165) is 22.4 Å². The highest BCUT2D eigenvalue weighted by molar-refractivity contribution is 5.93. The molecule has 0 spiro atoms. The molecule has 5 nitrogen and oxygen atoms in total. The quantitative estimate of drug-likeness (QED) is 0.606. The van der Waals surface area contributed by atoms with E-state index in [1.54, 1.807) is 0 Å². The Hall–Kier alpha value is -3.05. The van der Waals surface area contributed by atoms with Crippen LogP contribution in [0.25, 0.3) is 22.5 Å². The Kier molecular flexibility index (Phi) is 6.95. The van der Waals surface area contributed by atoms with E-state index in [1.165, 1.54) is 11.8 Å². The van der Waals surface area contributed by atoms with E-state index in [2.05, 4.69) is 29.1 Å². The van der Waals surface area contributed by atoms with Crippen molar-refractivity contribution in [2.24, 2.45) is 5.92 Å². The number of rotatable bonds is 7. The number of amides is 1. The second-order valence-corrected chi connectivity index (χ2v) is 8.17. The second-order valence-electron chi connectivity index (χ2n) is 8.17. The number of nitrogens with zero attached hydrogens (tertiary/aromatic N) is 2. The van der Waals surface area contributed by atoms with Crippen LogP contribution in [0.1, 0.15) is 41.9 Å². The molecule has 1 amide bonds. The van der Waals surface area contributed by atoms with Crippen LogP contribution >= 0.6 is 0 Å². The first-order chi connectivity index (χ1) is 14.4. The molecule has 0 fully saturated rings. The van der Waals surface area contributed by atoms with Gasteiger partial charge in [-0.2, -0.15) is 0 Å². The minimum atomic E-state index is -0.328. The summed E-state index contributed by atoms with van der Waals surface area (Å²) in [5, 5.41) is 12.5. The van der Waals surface area contributed by atoms with Crippen LogP contribution in [0.2, 0.25) is 0 Å². The van der Waals surface area contributed by atoms with Gasteiger partial charge in [-0.15, -0.1) is 0 Å². The lowest BCUT2D eigenvalue weighted by molar-refractivity contribution is 0.0903. The van der Waals surface area contributed by atoms with Gasteiger partial charge in [-0.05, 0) is 26.2 Å². The van der Waals surface area contributed by atoms with Gasteiger partial charge in [-0.3, -0.25) is 9.78 Å². The topological polar surface area (TPSA) is 75.1 Å². The van der Waals surface area contributed by atoms with E-state index in [1.807, 2.05) is 62.4 Å². The molecule has 0 radical (unpaired) electrons. The zero-order valence-corrected chi connectivity index (χ0v) is 18.0. The molecule has 0 unspecified atom stereocenters. The summed E-state index contributed by atoms with van der Waals surface area (Å²) in [7, 11) is 0. The molecular weight excluding hydrogens is 374 g/mol. The van der Waals surface area contributed by atoms with Gasteiger partial charge in [0.25, 0.3) is 5.91 Å². The first-order valence-electron chi connectivity index (χ1n) is 10.3. The fourth-order valence-corrected chi connectivity index (χ4v) is 3.34. The average Bonchev–Trinajstić information content (AvgIpc) is 2.73. The molecule has 2 N–H and O–H groups in total. The third-order valence-electron chi connectivity index (χ3n) is 4.97. The number of hydrogen-bond acceptors (Lipinski definition) is 4. The number of hydrogen-bond donors (Lipinski definition) is 2. The molecule has 1 aromatic heterocycles. The monoisotopic (exact) mass is 403 g/mol. The van der Waals surface area contributed by atoms with Crippen LogP contribution in [-0.4, -0.2) is 33.6 Å². The van der Waals surface area contributed by atoms with Crippen molar-refractivity contribution in [2.45, 2.75) is 40.2 Å². The fourth-order valence-electron chi connectivity index (χ4n) is 3.34. The molecule has 156 valence electrons. The molecule has 0 aliphatic heterocycles. The van der Waals surface area contributed by atoms with Crippen molar-refractivity contribution in [1.82, 2.24) is 15.3 Å². The first kappa shape index (κ1) is 21.7. The normalized spacial score (nSPS) is 12.1. The van der Waals surface area contributed by atoms with Gasteiger partial charge in [0, 0.05) is 11.1 Å². The van der Waals surface area contributed by atoms with Crippen molar-refractivity contribution in [3.63, 3.8) is 0 Å². The van der Waals surface area contributed by atoms with E-state index in [4.69, 9.17) is 0 Å². The molecule has 0 saturated carbocycles. The van der Waals surface area contributed by atoms with E-state index >= 15 is 0 Å². The summed E-state index contributed by atoms with van der Waals surface area (Å²) in [6.07, 6.45) is 2.20. The summed E-state index contributed by atoms with van der Waals surface area (Å²) in [4.78, 5) is 22.1. The van der Waals surface area contributed by atoms with Crippen LogP contribution in [0.4, 0.5) is 0 Å². The van der Waals surface area contributed by atoms with E-state index in [0.29, 0.717) is 18.0 Å². The number of aliphatic hydroxyl groups excluding tert-OH is 1. The van der Waals surface area contributed by atoms with E-state index < -0.39 is 0 Å². The highest BCUT2D eigenvalue weighted by Gasteiger charge is 2.19. The SMILES string of the molecule is Cc1ccc(-c2ncc(C(=O)N[C@@H](CO)CC(C)C)nc2-c2ccc(C)cc2)cc1. The van der Waals surface area contributed by atoms with Crippen molar-refractivity contribution in [1.29, 1.82) is 0 Å². The maximum Gasteiger partial charge on any atom is 0.271 e. The Labute approximate surface area is 178 Å².